The smallest absolute Gasteiger partial charge is 0.339 e. The van der Waals surface area contributed by atoms with Crippen molar-refractivity contribution in [2.75, 3.05) is 6.61 Å². The number of Topliss-reactive ketones (excluding diaryl/α,β-unsaturated/α-hetero) is 1. The molecule has 0 aliphatic rings. The van der Waals surface area contributed by atoms with Crippen LogP contribution in [0.2, 0.25) is 0 Å². The van der Waals surface area contributed by atoms with Crippen molar-refractivity contribution in [2.45, 2.75) is 6.92 Å². The molecule has 0 unspecified atom stereocenters. The lowest BCUT2D eigenvalue weighted by Crippen LogP contribution is -2.15. The van der Waals surface area contributed by atoms with Crippen molar-refractivity contribution in [3.63, 3.8) is 0 Å². The van der Waals surface area contributed by atoms with E-state index >= 15 is 0 Å². The van der Waals surface area contributed by atoms with Crippen LogP contribution in [0.3, 0.4) is 0 Å². The number of esters is 1. The van der Waals surface area contributed by atoms with Crippen LogP contribution in [0.4, 0.5) is 5.69 Å². The molecule has 164 valence electrons. The van der Waals surface area contributed by atoms with Gasteiger partial charge in [0, 0.05) is 33.1 Å². The largest absolute Gasteiger partial charge is 0.454 e. The summed E-state index contributed by atoms with van der Waals surface area (Å²) in [6.45, 7) is 1.41. The Hall–Kier alpha value is -3.91. The summed E-state index contributed by atoms with van der Waals surface area (Å²) in [5.41, 5.74) is 3.39. The molecular formula is C25H17BrN2O5. The van der Waals surface area contributed by atoms with Crippen molar-refractivity contribution >= 4 is 44.3 Å². The first-order chi connectivity index (χ1) is 15.8. The predicted molar refractivity (Wildman–Crippen MR) is 127 cm³/mol. The molecule has 0 radical (unpaired) electrons. The summed E-state index contributed by atoms with van der Waals surface area (Å²) in [5.74, 6) is -1.12. The normalized spacial score (nSPS) is 10.7. The standard InChI is InChI=1S/C25H17BrN2O5/c1-15-11-18(26)12-20-21(13-22(27-24(15)20)16-5-3-2-4-6-16)25(30)33-14-23(29)17-7-9-19(10-8-17)28(31)32/h2-13H,14H2,1H3. The number of carbonyl (C=O) groups is 2. The van der Waals surface area contributed by atoms with E-state index in [1.165, 1.54) is 24.3 Å². The zero-order valence-corrected chi connectivity index (χ0v) is 19.0. The van der Waals surface area contributed by atoms with Crippen LogP contribution in [-0.4, -0.2) is 28.3 Å². The van der Waals surface area contributed by atoms with Gasteiger partial charge in [0.2, 0.25) is 0 Å². The first-order valence-corrected chi connectivity index (χ1v) is 10.7. The summed E-state index contributed by atoms with van der Waals surface area (Å²) in [7, 11) is 0. The minimum absolute atomic E-state index is 0.124. The van der Waals surface area contributed by atoms with E-state index in [0.29, 0.717) is 22.2 Å². The molecule has 0 N–H and O–H groups in total. The Morgan fingerprint density at radius 1 is 1.03 bits per heavy atom. The number of carbonyl (C=O) groups excluding carboxylic acids is 2. The number of pyridine rings is 1. The molecule has 0 saturated heterocycles. The predicted octanol–water partition coefficient (Wildman–Crippen LogP) is 5.92. The highest BCUT2D eigenvalue weighted by molar-refractivity contribution is 9.10. The summed E-state index contributed by atoms with van der Waals surface area (Å²) in [6, 6.07) is 20.0. The minimum Gasteiger partial charge on any atom is -0.454 e. The molecule has 0 bridgehead atoms. The second-order valence-electron chi connectivity index (χ2n) is 7.34. The van der Waals surface area contributed by atoms with Gasteiger partial charge in [-0.05, 0) is 42.8 Å². The van der Waals surface area contributed by atoms with Crippen molar-refractivity contribution in [2.24, 2.45) is 0 Å². The van der Waals surface area contributed by atoms with Gasteiger partial charge in [-0.15, -0.1) is 0 Å². The van der Waals surface area contributed by atoms with Crippen LogP contribution in [0.25, 0.3) is 22.2 Å². The molecule has 0 aliphatic carbocycles. The number of non-ortho nitro benzene ring substituents is 1. The van der Waals surface area contributed by atoms with Gasteiger partial charge in [0.1, 0.15) is 0 Å². The third kappa shape index (κ3) is 4.80. The Balaban J connectivity index is 1.65. The SMILES string of the molecule is Cc1cc(Br)cc2c(C(=O)OCC(=O)c3ccc([N+](=O)[O-])cc3)cc(-c3ccccc3)nc12. The third-order valence-electron chi connectivity index (χ3n) is 5.09. The second kappa shape index (κ2) is 9.30. The molecule has 3 aromatic carbocycles. The van der Waals surface area contributed by atoms with Crippen LogP contribution in [0.15, 0.2) is 77.3 Å². The number of ether oxygens (including phenoxy) is 1. The summed E-state index contributed by atoms with van der Waals surface area (Å²) in [5, 5.41) is 11.4. The fourth-order valence-electron chi connectivity index (χ4n) is 3.44. The first-order valence-electron chi connectivity index (χ1n) is 9.94. The number of nitrogens with zero attached hydrogens (tertiary/aromatic N) is 2. The molecule has 0 spiro atoms. The Labute approximate surface area is 197 Å². The Bertz CT molecular complexity index is 1390. The van der Waals surface area contributed by atoms with Crippen LogP contribution >= 0.6 is 15.9 Å². The number of aromatic nitrogens is 1. The maximum atomic E-state index is 13.0. The average molecular weight is 505 g/mol. The minimum atomic E-state index is -0.660. The quantitative estimate of drug-likeness (QED) is 0.140. The average Bonchev–Trinajstić information content (AvgIpc) is 2.82. The molecule has 1 aromatic heterocycles. The Kier molecular flexibility index (Phi) is 6.28. The third-order valence-corrected chi connectivity index (χ3v) is 5.55. The monoisotopic (exact) mass is 504 g/mol. The van der Waals surface area contributed by atoms with Crippen LogP contribution in [-0.2, 0) is 4.74 Å². The highest BCUT2D eigenvalue weighted by atomic mass is 79.9. The number of aryl methyl sites for hydroxylation is 1. The van der Waals surface area contributed by atoms with Crippen LogP contribution in [0.1, 0.15) is 26.3 Å². The lowest BCUT2D eigenvalue weighted by Gasteiger charge is -2.12. The fourth-order valence-corrected chi connectivity index (χ4v) is 4.02. The van der Waals surface area contributed by atoms with Gasteiger partial charge in [-0.1, -0.05) is 46.3 Å². The van der Waals surface area contributed by atoms with E-state index in [4.69, 9.17) is 9.72 Å². The Morgan fingerprint density at radius 3 is 2.39 bits per heavy atom. The lowest BCUT2D eigenvalue weighted by molar-refractivity contribution is -0.384. The molecule has 4 aromatic rings. The molecule has 0 saturated carbocycles. The van der Waals surface area contributed by atoms with Crippen molar-refractivity contribution in [3.05, 3.63) is 104 Å². The van der Waals surface area contributed by atoms with Gasteiger partial charge in [-0.25, -0.2) is 9.78 Å². The molecule has 0 fully saturated rings. The van der Waals surface area contributed by atoms with E-state index in [1.54, 1.807) is 12.1 Å². The van der Waals surface area contributed by atoms with Gasteiger partial charge < -0.3 is 4.74 Å². The summed E-state index contributed by atoms with van der Waals surface area (Å²) >= 11 is 3.46. The maximum absolute atomic E-state index is 13.0. The van der Waals surface area contributed by atoms with Crippen LogP contribution < -0.4 is 0 Å². The summed E-state index contributed by atoms with van der Waals surface area (Å²) in [4.78, 5) is 40.5. The number of hydrogen-bond donors (Lipinski definition) is 0. The van der Waals surface area contributed by atoms with Gasteiger partial charge in [-0.2, -0.15) is 0 Å². The highest BCUT2D eigenvalue weighted by Crippen LogP contribution is 2.30. The van der Waals surface area contributed by atoms with Gasteiger partial charge >= 0.3 is 5.97 Å². The molecule has 0 amide bonds. The van der Waals surface area contributed by atoms with Gasteiger partial charge in [0.15, 0.2) is 12.4 Å². The molecule has 4 rings (SSSR count). The molecular weight excluding hydrogens is 488 g/mol. The molecule has 1 heterocycles. The fraction of sp³-hybridized carbons (Fsp3) is 0.0800. The van der Waals surface area contributed by atoms with E-state index < -0.39 is 23.3 Å². The van der Waals surface area contributed by atoms with E-state index in [0.717, 1.165) is 15.6 Å². The summed E-state index contributed by atoms with van der Waals surface area (Å²) < 4.78 is 6.12. The zero-order chi connectivity index (χ0) is 23.5. The lowest BCUT2D eigenvalue weighted by atomic mass is 10.0. The maximum Gasteiger partial charge on any atom is 0.339 e. The van der Waals surface area contributed by atoms with Crippen molar-refractivity contribution in [1.29, 1.82) is 0 Å². The number of benzene rings is 3. The van der Waals surface area contributed by atoms with Crippen molar-refractivity contribution < 1.29 is 19.2 Å². The van der Waals surface area contributed by atoms with E-state index in [2.05, 4.69) is 15.9 Å². The molecule has 33 heavy (non-hydrogen) atoms. The van der Waals surface area contributed by atoms with E-state index in [-0.39, 0.29) is 11.3 Å². The van der Waals surface area contributed by atoms with Gasteiger partial charge in [0.05, 0.1) is 21.7 Å². The number of nitro groups is 1. The zero-order valence-electron chi connectivity index (χ0n) is 17.4. The molecule has 7 nitrogen and oxygen atoms in total. The first kappa shape index (κ1) is 22.3. The van der Waals surface area contributed by atoms with E-state index in [9.17, 15) is 19.7 Å². The van der Waals surface area contributed by atoms with Crippen LogP contribution in [0, 0.1) is 17.0 Å². The number of halogens is 1. The molecule has 0 atom stereocenters. The van der Waals surface area contributed by atoms with E-state index in [1.807, 2.05) is 43.3 Å². The number of rotatable bonds is 6. The molecule has 0 aliphatic heterocycles. The number of nitro benzene ring substituents is 1. The van der Waals surface area contributed by atoms with Gasteiger partial charge in [0.25, 0.3) is 5.69 Å². The Morgan fingerprint density at radius 2 is 1.73 bits per heavy atom. The molecule has 8 heteroatoms. The topological polar surface area (TPSA) is 99.4 Å². The van der Waals surface area contributed by atoms with Gasteiger partial charge in [-0.3, -0.25) is 14.9 Å². The number of fused-ring (bicyclic) bond motifs is 1. The number of hydrogen-bond acceptors (Lipinski definition) is 6. The number of ketones is 1. The second-order valence-corrected chi connectivity index (χ2v) is 8.26. The van der Waals surface area contributed by atoms with Crippen molar-refractivity contribution in [3.8, 4) is 11.3 Å². The van der Waals surface area contributed by atoms with Crippen molar-refractivity contribution in [1.82, 2.24) is 4.98 Å². The van der Waals surface area contributed by atoms with Crippen LogP contribution in [0.5, 0.6) is 0 Å². The summed E-state index contributed by atoms with van der Waals surface area (Å²) in [6.07, 6.45) is 0. The highest BCUT2D eigenvalue weighted by Gasteiger charge is 2.19.